The Morgan fingerprint density at radius 3 is 3.00 bits per heavy atom. The van der Waals surface area contributed by atoms with Crippen molar-refractivity contribution in [3.8, 4) is 0 Å². The van der Waals surface area contributed by atoms with Gasteiger partial charge < -0.3 is 9.47 Å². The highest BCUT2D eigenvalue weighted by molar-refractivity contribution is 5.74. The quantitative estimate of drug-likeness (QED) is 0.693. The zero-order valence-electron chi connectivity index (χ0n) is 10.5. The van der Waals surface area contributed by atoms with E-state index in [-0.39, 0.29) is 23.4 Å². The Morgan fingerprint density at radius 1 is 1.56 bits per heavy atom. The molecule has 0 aromatic heterocycles. The van der Waals surface area contributed by atoms with Crippen LogP contribution in [0.5, 0.6) is 0 Å². The molecule has 1 heterocycles. The first kappa shape index (κ1) is 11.9. The van der Waals surface area contributed by atoms with Gasteiger partial charge in [0.25, 0.3) is 0 Å². The van der Waals surface area contributed by atoms with Crippen molar-refractivity contribution < 1.29 is 14.3 Å². The van der Waals surface area contributed by atoms with Gasteiger partial charge in [-0.2, -0.15) is 0 Å². The highest BCUT2D eigenvalue weighted by Gasteiger charge is 2.48. The van der Waals surface area contributed by atoms with Crippen molar-refractivity contribution in [2.75, 3.05) is 13.2 Å². The Morgan fingerprint density at radius 2 is 2.31 bits per heavy atom. The lowest BCUT2D eigenvalue weighted by molar-refractivity contribution is -0.145. The van der Waals surface area contributed by atoms with Gasteiger partial charge >= 0.3 is 5.97 Å². The number of carbonyl (C=O) groups excluding carboxylic acids is 1. The van der Waals surface area contributed by atoms with Crippen molar-refractivity contribution in [3.63, 3.8) is 0 Å². The monoisotopic (exact) mass is 226 g/mol. The van der Waals surface area contributed by atoms with E-state index in [9.17, 15) is 4.79 Å². The van der Waals surface area contributed by atoms with Crippen LogP contribution in [0.1, 0.15) is 40.0 Å². The number of rotatable bonds is 3. The number of ether oxygens (including phenoxy) is 2. The molecule has 2 fully saturated rings. The SMILES string of the molecule is CCOCC1(C)CCC2C(C1)OC(=O)C2C. The average Bonchev–Trinajstić information content (AvgIpc) is 2.51. The summed E-state index contributed by atoms with van der Waals surface area (Å²) in [5.74, 6) is 0.541. The van der Waals surface area contributed by atoms with Gasteiger partial charge in [0.05, 0.1) is 12.5 Å². The lowest BCUT2D eigenvalue weighted by atomic mass is 9.68. The molecule has 0 spiro atoms. The first-order valence-electron chi connectivity index (χ1n) is 6.34. The van der Waals surface area contributed by atoms with E-state index in [0.29, 0.717) is 5.92 Å². The first-order chi connectivity index (χ1) is 7.56. The fraction of sp³-hybridized carbons (Fsp3) is 0.923. The van der Waals surface area contributed by atoms with E-state index in [4.69, 9.17) is 9.47 Å². The Bertz CT molecular complexity index is 276. The summed E-state index contributed by atoms with van der Waals surface area (Å²) in [7, 11) is 0. The molecule has 2 rings (SSSR count). The zero-order valence-corrected chi connectivity index (χ0v) is 10.5. The molecule has 0 bridgehead atoms. The number of hydrogen-bond donors (Lipinski definition) is 0. The summed E-state index contributed by atoms with van der Waals surface area (Å²) in [6.45, 7) is 7.82. The molecule has 0 aromatic carbocycles. The van der Waals surface area contributed by atoms with E-state index in [2.05, 4.69) is 6.92 Å². The third kappa shape index (κ3) is 2.10. The largest absolute Gasteiger partial charge is 0.462 e. The van der Waals surface area contributed by atoms with Crippen LogP contribution in [0, 0.1) is 17.3 Å². The second-order valence-corrected chi connectivity index (χ2v) is 5.62. The number of carbonyl (C=O) groups is 1. The molecule has 1 saturated heterocycles. The Labute approximate surface area is 97.5 Å². The van der Waals surface area contributed by atoms with Crippen LogP contribution >= 0.6 is 0 Å². The predicted octanol–water partition coefficient (Wildman–Crippen LogP) is 2.39. The van der Waals surface area contributed by atoms with Gasteiger partial charge in [0.1, 0.15) is 6.10 Å². The Hall–Kier alpha value is -0.570. The summed E-state index contributed by atoms with van der Waals surface area (Å²) in [6, 6.07) is 0. The molecule has 92 valence electrons. The van der Waals surface area contributed by atoms with Crippen molar-refractivity contribution in [1.82, 2.24) is 0 Å². The molecule has 1 aliphatic carbocycles. The Kier molecular flexibility index (Phi) is 3.24. The third-order valence-corrected chi connectivity index (χ3v) is 4.19. The summed E-state index contributed by atoms with van der Waals surface area (Å²) < 4.78 is 11.0. The molecule has 0 radical (unpaired) electrons. The second kappa shape index (κ2) is 4.36. The minimum absolute atomic E-state index is 0.00402. The predicted molar refractivity (Wildman–Crippen MR) is 61.0 cm³/mol. The Balaban J connectivity index is 1.98. The molecule has 2 aliphatic rings. The summed E-state index contributed by atoms with van der Waals surface area (Å²) in [5, 5.41) is 0. The number of fused-ring (bicyclic) bond motifs is 1. The van der Waals surface area contributed by atoms with E-state index in [1.54, 1.807) is 0 Å². The van der Waals surface area contributed by atoms with E-state index < -0.39 is 0 Å². The van der Waals surface area contributed by atoms with Gasteiger partial charge in [-0.05, 0) is 31.6 Å². The van der Waals surface area contributed by atoms with E-state index in [0.717, 1.165) is 32.5 Å². The number of esters is 1. The van der Waals surface area contributed by atoms with Gasteiger partial charge in [0, 0.05) is 12.5 Å². The maximum absolute atomic E-state index is 11.5. The van der Waals surface area contributed by atoms with Crippen molar-refractivity contribution in [2.24, 2.45) is 17.3 Å². The van der Waals surface area contributed by atoms with Crippen molar-refractivity contribution in [1.29, 1.82) is 0 Å². The van der Waals surface area contributed by atoms with Crippen LogP contribution in [-0.2, 0) is 14.3 Å². The normalized spacial score (nSPS) is 42.9. The molecule has 1 aliphatic heterocycles. The van der Waals surface area contributed by atoms with Gasteiger partial charge in [-0.15, -0.1) is 0 Å². The molecule has 1 saturated carbocycles. The average molecular weight is 226 g/mol. The summed E-state index contributed by atoms with van der Waals surface area (Å²) in [4.78, 5) is 11.5. The van der Waals surface area contributed by atoms with Gasteiger partial charge in [-0.25, -0.2) is 0 Å². The smallest absolute Gasteiger partial charge is 0.309 e. The molecule has 3 nitrogen and oxygen atoms in total. The summed E-state index contributed by atoms with van der Waals surface area (Å²) in [6.07, 6.45) is 3.35. The minimum Gasteiger partial charge on any atom is -0.462 e. The van der Waals surface area contributed by atoms with Crippen LogP contribution in [0.4, 0.5) is 0 Å². The molecule has 0 amide bonds. The maximum Gasteiger partial charge on any atom is 0.309 e. The van der Waals surface area contributed by atoms with Crippen LogP contribution in [0.25, 0.3) is 0 Å². The van der Waals surface area contributed by atoms with Crippen molar-refractivity contribution >= 4 is 5.97 Å². The van der Waals surface area contributed by atoms with E-state index in [1.807, 2.05) is 13.8 Å². The fourth-order valence-corrected chi connectivity index (χ4v) is 3.05. The topological polar surface area (TPSA) is 35.5 Å². The van der Waals surface area contributed by atoms with Crippen LogP contribution < -0.4 is 0 Å². The lowest BCUT2D eigenvalue weighted by Crippen LogP contribution is -2.37. The molecule has 0 N–H and O–H groups in total. The van der Waals surface area contributed by atoms with Crippen LogP contribution in [0.2, 0.25) is 0 Å². The van der Waals surface area contributed by atoms with E-state index >= 15 is 0 Å². The van der Waals surface area contributed by atoms with Crippen LogP contribution in [0.3, 0.4) is 0 Å². The molecule has 4 unspecified atom stereocenters. The molecule has 3 heteroatoms. The maximum atomic E-state index is 11.5. The molecule has 16 heavy (non-hydrogen) atoms. The van der Waals surface area contributed by atoms with Gasteiger partial charge in [0.15, 0.2) is 0 Å². The second-order valence-electron chi connectivity index (χ2n) is 5.62. The molecule has 4 atom stereocenters. The molecular weight excluding hydrogens is 204 g/mol. The first-order valence-corrected chi connectivity index (χ1v) is 6.34. The lowest BCUT2D eigenvalue weighted by Gasteiger charge is -2.39. The van der Waals surface area contributed by atoms with E-state index in [1.165, 1.54) is 0 Å². The zero-order chi connectivity index (χ0) is 11.8. The number of hydrogen-bond acceptors (Lipinski definition) is 3. The molecular formula is C13H22O3. The van der Waals surface area contributed by atoms with Crippen molar-refractivity contribution in [2.45, 2.75) is 46.1 Å². The summed E-state index contributed by atoms with van der Waals surface area (Å²) in [5.41, 5.74) is 0.196. The van der Waals surface area contributed by atoms with Crippen LogP contribution in [0.15, 0.2) is 0 Å². The highest BCUT2D eigenvalue weighted by atomic mass is 16.6. The van der Waals surface area contributed by atoms with Gasteiger partial charge in [-0.3, -0.25) is 4.79 Å². The highest BCUT2D eigenvalue weighted by Crippen LogP contribution is 2.46. The van der Waals surface area contributed by atoms with Crippen LogP contribution in [-0.4, -0.2) is 25.3 Å². The van der Waals surface area contributed by atoms with Crippen molar-refractivity contribution in [3.05, 3.63) is 0 Å². The van der Waals surface area contributed by atoms with Gasteiger partial charge in [0.2, 0.25) is 0 Å². The third-order valence-electron chi connectivity index (χ3n) is 4.19. The fourth-order valence-electron chi connectivity index (χ4n) is 3.05. The standard InChI is InChI=1S/C13H22O3/c1-4-15-8-13(3)6-5-10-9(2)12(14)16-11(10)7-13/h9-11H,4-8H2,1-3H3. The molecule has 0 aromatic rings. The van der Waals surface area contributed by atoms with Gasteiger partial charge in [-0.1, -0.05) is 13.8 Å². The minimum atomic E-state index is -0.00402. The summed E-state index contributed by atoms with van der Waals surface area (Å²) >= 11 is 0.